The number of para-hydroxylation sites is 1. The van der Waals surface area contributed by atoms with Crippen LogP contribution in [0.15, 0.2) is 58.5 Å². The fraction of sp³-hybridized carbons (Fsp3) is 0.304. The summed E-state index contributed by atoms with van der Waals surface area (Å²) in [5.41, 5.74) is 6.60. The van der Waals surface area contributed by atoms with Gasteiger partial charge in [0.25, 0.3) is 5.56 Å². The molecule has 2 amide bonds. The monoisotopic (exact) mass is 472 g/mol. The fourth-order valence-electron chi connectivity index (χ4n) is 3.18. The Morgan fingerprint density at radius 1 is 1.06 bits per heavy atom. The van der Waals surface area contributed by atoms with E-state index in [-0.39, 0.29) is 23.1 Å². The number of benzene rings is 2. The molecule has 0 unspecified atom stereocenters. The molecule has 0 aliphatic heterocycles. The maximum Gasteiger partial charge on any atom is 0.262 e. The second kappa shape index (κ2) is 11.7. The van der Waals surface area contributed by atoms with Crippen molar-refractivity contribution in [3.63, 3.8) is 0 Å². The van der Waals surface area contributed by atoms with Crippen molar-refractivity contribution < 1.29 is 9.59 Å². The molecule has 168 valence electrons. The van der Waals surface area contributed by atoms with Crippen LogP contribution in [0.25, 0.3) is 10.9 Å². The largest absolute Gasteiger partial charge is 0.370 e. The molecule has 3 N–H and O–H groups in total. The predicted octanol–water partition coefficient (Wildman–Crippen LogP) is 3.50. The van der Waals surface area contributed by atoms with Crippen LogP contribution < -0.4 is 16.6 Å². The van der Waals surface area contributed by atoms with Gasteiger partial charge in [-0.25, -0.2) is 4.98 Å². The first-order chi connectivity index (χ1) is 15.4. The number of unbranched alkanes of at least 4 members (excludes halogenated alkanes) is 2. The number of nitrogens with zero attached hydrogens (tertiary/aromatic N) is 2. The van der Waals surface area contributed by atoms with Crippen LogP contribution >= 0.6 is 23.4 Å². The molecule has 0 aliphatic carbocycles. The van der Waals surface area contributed by atoms with Crippen molar-refractivity contribution in [2.45, 2.75) is 43.9 Å². The number of carbonyl (C=O) groups is 2. The third-order valence-corrected chi connectivity index (χ3v) is 6.10. The molecule has 1 aromatic heterocycles. The summed E-state index contributed by atoms with van der Waals surface area (Å²) in [6, 6.07) is 14.4. The molecule has 3 aromatic rings. The number of carbonyl (C=O) groups excluding carboxylic acids is 2. The van der Waals surface area contributed by atoms with Crippen LogP contribution in [0.1, 0.15) is 31.2 Å². The summed E-state index contributed by atoms with van der Waals surface area (Å²) < 4.78 is 1.61. The number of hydrogen-bond donors (Lipinski definition) is 2. The van der Waals surface area contributed by atoms with Crippen molar-refractivity contribution in [1.29, 1.82) is 0 Å². The van der Waals surface area contributed by atoms with Gasteiger partial charge in [0.15, 0.2) is 5.16 Å². The highest BCUT2D eigenvalue weighted by Gasteiger charge is 2.13. The smallest absolute Gasteiger partial charge is 0.262 e. The minimum absolute atomic E-state index is 0.130. The lowest BCUT2D eigenvalue weighted by molar-refractivity contribution is -0.119. The topological polar surface area (TPSA) is 107 Å². The average molecular weight is 473 g/mol. The summed E-state index contributed by atoms with van der Waals surface area (Å²) >= 11 is 7.12. The van der Waals surface area contributed by atoms with Gasteiger partial charge in [-0.1, -0.05) is 54.0 Å². The van der Waals surface area contributed by atoms with Gasteiger partial charge in [-0.05, 0) is 42.7 Å². The Morgan fingerprint density at radius 3 is 2.56 bits per heavy atom. The lowest BCUT2D eigenvalue weighted by Crippen LogP contribution is -2.27. The Hall–Kier alpha value is -2.84. The number of primary amides is 1. The van der Waals surface area contributed by atoms with Crippen molar-refractivity contribution in [1.82, 2.24) is 14.9 Å². The standard InChI is InChI=1S/C23H25ClN4O3S/c24-17-11-9-16(10-12-17)14-26-21(30)15-32-23-27-19-7-4-3-6-18(19)22(31)28(23)13-5-1-2-8-20(25)29/h3-4,6-7,9-12H,1-2,5,8,13-15H2,(H2,25,29)(H,26,30). The third kappa shape index (κ3) is 6.83. The molecule has 9 heteroatoms. The molecule has 0 spiro atoms. The Balaban J connectivity index is 1.66. The number of hydrogen-bond acceptors (Lipinski definition) is 5. The molecule has 32 heavy (non-hydrogen) atoms. The van der Waals surface area contributed by atoms with Crippen molar-refractivity contribution in [3.8, 4) is 0 Å². The maximum absolute atomic E-state index is 13.0. The molecule has 0 atom stereocenters. The molecule has 0 radical (unpaired) electrons. The summed E-state index contributed by atoms with van der Waals surface area (Å²) in [6.07, 6.45) is 2.50. The zero-order valence-corrected chi connectivity index (χ0v) is 19.1. The van der Waals surface area contributed by atoms with E-state index in [9.17, 15) is 14.4 Å². The number of amides is 2. The summed E-state index contributed by atoms with van der Waals surface area (Å²) in [6.45, 7) is 0.860. The van der Waals surface area contributed by atoms with E-state index in [1.807, 2.05) is 18.2 Å². The van der Waals surface area contributed by atoms with E-state index in [1.54, 1.807) is 34.9 Å². The van der Waals surface area contributed by atoms with E-state index in [2.05, 4.69) is 10.3 Å². The predicted molar refractivity (Wildman–Crippen MR) is 128 cm³/mol. The number of nitrogens with one attached hydrogen (secondary N) is 1. The number of thioether (sulfide) groups is 1. The van der Waals surface area contributed by atoms with Gasteiger partial charge in [0.2, 0.25) is 11.8 Å². The third-order valence-electron chi connectivity index (χ3n) is 4.87. The first-order valence-electron chi connectivity index (χ1n) is 10.4. The number of halogens is 1. The molecular formula is C23H25ClN4O3S. The van der Waals surface area contributed by atoms with Gasteiger partial charge < -0.3 is 11.1 Å². The Labute approximate surface area is 195 Å². The number of fused-ring (bicyclic) bond motifs is 1. The highest BCUT2D eigenvalue weighted by atomic mass is 35.5. The van der Waals surface area contributed by atoms with Crippen LogP contribution in [0.5, 0.6) is 0 Å². The van der Waals surface area contributed by atoms with Crippen LogP contribution in [-0.4, -0.2) is 27.1 Å². The maximum atomic E-state index is 13.0. The van der Waals surface area contributed by atoms with Gasteiger partial charge >= 0.3 is 0 Å². The quantitative estimate of drug-likeness (QED) is 0.252. The van der Waals surface area contributed by atoms with Gasteiger partial charge in [-0.3, -0.25) is 19.0 Å². The van der Waals surface area contributed by atoms with Crippen molar-refractivity contribution in [2.24, 2.45) is 5.73 Å². The van der Waals surface area contributed by atoms with Gasteiger partial charge in [0.05, 0.1) is 16.7 Å². The van der Waals surface area contributed by atoms with E-state index < -0.39 is 0 Å². The highest BCUT2D eigenvalue weighted by Crippen LogP contribution is 2.19. The molecule has 1 heterocycles. The minimum atomic E-state index is -0.324. The van der Waals surface area contributed by atoms with E-state index in [4.69, 9.17) is 17.3 Å². The second-order valence-corrected chi connectivity index (χ2v) is 8.72. The molecule has 0 aliphatic rings. The molecule has 0 saturated carbocycles. The van der Waals surface area contributed by atoms with Crippen molar-refractivity contribution >= 4 is 46.1 Å². The van der Waals surface area contributed by atoms with Crippen LogP contribution in [0.3, 0.4) is 0 Å². The van der Waals surface area contributed by atoms with E-state index >= 15 is 0 Å². The lowest BCUT2D eigenvalue weighted by Gasteiger charge is -2.13. The Kier molecular flexibility index (Phi) is 8.70. The van der Waals surface area contributed by atoms with Crippen LogP contribution in [-0.2, 0) is 22.7 Å². The molecule has 7 nitrogen and oxygen atoms in total. The number of rotatable bonds is 11. The highest BCUT2D eigenvalue weighted by molar-refractivity contribution is 7.99. The summed E-state index contributed by atoms with van der Waals surface area (Å²) in [5.74, 6) is -0.337. The first-order valence-corrected chi connectivity index (χ1v) is 11.7. The SMILES string of the molecule is NC(=O)CCCCCn1c(SCC(=O)NCc2ccc(Cl)cc2)nc2ccccc2c1=O. The molecular weight excluding hydrogens is 448 g/mol. The second-order valence-electron chi connectivity index (χ2n) is 7.34. The summed E-state index contributed by atoms with van der Waals surface area (Å²) in [7, 11) is 0. The zero-order valence-electron chi connectivity index (χ0n) is 17.6. The normalized spacial score (nSPS) is 10.9. The van der Waals surface area contributed by atoms with Gasteiger partial charge in [-0.15, -0.1) is 0 Å². The molecule has 0 fully saturated rings. The van der Waals surface area contributed by atoms with E-state index in [0.717, 1.165) is 12.0 Å². The van der Waals surface area contributed by atoms with Crippen LogP contribution in [0, 0.1) is 0 Å². The Bertz CT molecular complexity index is 1150. The lowest BCUT2D eigenvalue weighted by atomic mass is 10.2. The van der Waals surface area contributed by atoms with Crippen LogP contribution in [0.2, 0.25) is 5.02 Å². The number of nitrogens with two attached hydrogens (primary N) is 1. The zero-order chi connectivity index (χ0) is 22.9. The molecule has 0 bridgehead atoms. The fourth-order valence-corrected chi connectivity index (χ4v) is 4.17. The summed E-state index contributed by atoms with van der Waals surface area (Å²) in [4.78, 5) is 40.9. The van der Waals surface area contributed by atoms with E-state index in [0.29, 0.717) is 53.4 Å². The van der Waals surface area contributed by atoms with Crippen molar-refractivity contribution in [3.05, 3.63) is 69.5 Å². The minimum Gasteiger partial charge on any atom is -0.370 e. The molecule has 0 saturated heterocycles. The van der Waals surface area contributed by atoms with Gasteiger partial charge in [-0.2, -0.15) is 0 Å². The number of aromatic nitrogens is 2. The molecule has 2 aromatic carbocycles. The van der Waals surface area contributed by atoms with Crippen molar-refractivity contribution in [2.75, 3.05) is 5.75 Å². The van der Waals surface area contributed by atoms with E-state index in [1.165, 1.54) is 11.8 Å². The van der Waals surface area contributed by atoms with Gasteiger partial charge in [0.1, 0.15) is 0 Å². The average Bonchev–Trinajstić information content (AvgIpc) is 2.78. The summed E-state index contributed by atoms with van der Waals surface area (Å²) in [5, 5.41) is 4.56. The molecule has 3 rings (SSSR count). The first kappa shape index (κ1) is 23.8. The Morgan fingerprint density at radius 2 is 1.81 bits per heavy atom. The van der Waals surface area contributed by atoms with Crippen LogP contribution in [0.4, 0.5) is 0 Å². The van der Waals surface area contributed by atoms with Gasteiger partial charge in [0, 0.05) is 24.5 Å².